The Kier molecular flexibility index (Phi) is 2.96. The van der Waals surface area contributed by atoms with Crippen LogP contribution in [0.5, 0.6) is 11.5 Å². The second-order valence-corrected chi connectivity index (χ2v) is 4.65. The minimum Gasteiger partial charge on any atom is -0.454 e. The number of carbonyl (C=O) groups is 1. The van der Waals surface area contributed by atoms with Crippen molar-refractivity contribution in [2.75, 3.05) is 12.1 Å². The lowest BCUT2D eigenvalue weighted by Crippen LogP contribution is -2.36. The zero-order valence-electron chi connectivity index (χ0n) is 10.1. The smallest absolute Gasteiger partial charge is 0.319 e. The van der Waals surface area contributed by atoms with Gasteiger partial charge in [0.15, 0.2) is 11.5 Å². The van der Waals surface area contributed by atoms with Crippen molar-refractivity contribution >= 4 is 11.7 Å². The Hall–Kier alpha value is -1.91. The van der Waals surface area contributed by atoms with Crippen LogP contribution in [0.2, 0.25) is 0 Å². The van der Waals surface area contributed by atoms with Gasteiger partial charge < -0.3 is 20.1 Å². The average molecular weight is 248 g/mol. The summed E-state index contributed by atoms with van der Waals surface area (Å²) in [5, 5.41) is 5.79. The minimum atomic E-state index is -0.152. The first kappa shape index (κ1) is 11.2. The molecule has 0 saturated heterocycles. The molecular weight excluding hydrogens is 232 g/mol. The van der Waals surface area contributed by atoms with E-state index in [4.69, 9.17) is 9.47 Å². The number of nitrogens with one attached hydrogen (secondary N) is 2. The first-order valence-corrected chi connectivity index (χ1v) is 6.28. The molecule has 1 aliphatic carbocycles. The highest BCUT2D eigenvalue weighted by Gasteiger charge is 2.18. The monoisotopic (exact) mass is 248 g/mol. The molecule has 2 amide bonds. The molecule has 2 aliphatic rings. The van der Waals surface area contributed by atoms with E-state index in [0.29, 0.717) is 11.8 Å². The molecule has 96 valence electrons. The first-order valence-electron chi connectivity index (χ1n) is 6.28. The largest absolute Gasteiger partial charge is 0.454 e. The first-order chi connectivity index (χ1) is 8.81. The minimum absolute atomic E-state index is 0.152. The number of hydrogen-bond donors (Lipinski definition) is 2. The summed E-state index contributed by atoms with van der Waals surface area (Å²) < 4.78 is 10.5. The van der Waals surface area contributed by atoms with Crippen molar-refractivity contribution in [1.82, 2.24) is 5.32 Å². The van der Waals surface area contributed by atoms with Crippen molar-refractivity contribution in [2.24, 2.45) is 0 Å². The number of hydrogen-bond acceptors (Lipinski definition) is 3. The lowest BCUT2D eigenvalue weighted by molar-refractivity contribution is 0.174. The number of carbonyl (C=O) groups excluding carboxylic acids is 1. The van der Waals surface area contributed by atoms with Crippen LogP contribution in [-0.2, 0) is 0 Å². The van der Waals surface area contributed by atoms with Crippen molar-refractivity contribution in [3.63, 3.8) is 0 Å². The quantitative estimate of drug-likeness (QED) is 0.845. The van der Waals surface area contributed by atoms with E-state index in [1.165, 1.54) is 12.8 Å². The SMILES string of the molecule is O=C(Nc1ccc2c(c1)OCO2)NC1CCCC1. The van der Waals surface area contributed by atoms with E-state index >= 15 is 0 Å². The summed E-state index contributed by atoms with van der Waals surface area (Å²) in [6, 6.07) is 5.55. The van der Waals surface area contributed by atoms with Gasteiger partial charge >= 0.3 is 6.03 Å². The third-order valence-corrected chi connectivity index (χ3v) is 3.32. The fraction of sp³-hybridized carbons (Fsp3) is 0.462. The van der Waals surface area contributed by atoms with E-state index < -0.39 is 0 Å². The Morgan fingerprint density at radius 1 is 1.17 bits per heavy atom. The number of benzene rings is 1. The van der Waals surface area contributed by atoms with Crippen LogP contribution in [0.1, 0.15) is 25.7 Å². The predicted octanol–water partition coefficient (Wildman–Crippen LogP) is 2.48. The van der Waals surface area contributed by atoms with Gasteiger partial charge in [-0.3, -0.25) is 0 Å². The molecule has 5 heteroatoms. The zero-order chi connectivity index (χ0) is 12.4. The Labute approximate surface area is 105 Å². The summed E-state index contributed by atoms with van der Waals surface area (Å²) >= 11 is 0. The van der Waals surface area contributed by atoms with Crippen LogP contribution in [0.15, 0.2) is 18.2 Å². The molecule has 0 aromatic heterocycles. The number of anilines is 1. The molecule has 0 spiro atoms. The molecular formula is C13H16N2O3. The molecule has 1 aromatic carbocycles. The summed E-state index contributed by atoms with van der Waals surface area (Å²) in [6.07, 6.45) is 4.56. The molecule has 1 heterocycles. The van der Waals surface area contributed by atoms with Crippen LogP contribution < -0.4 is 20.1 Å². The molecule has 5 nitrogen and oxygen atoms in total. The van der Waals surface area contributed by atoms with Crippen LogP contribution in [0, 0.1) is 0 Å². The van der Waals surface area contributed by atoms with Gasteiger partial charge in [-0.1, -0.05) is 12.8 Å². The van der Waals surface area contributed by atoms with Crippen LogP contribution in [0.25, 0.3) is 0 Å². The molecule has 1 aromatic rings. The highest BCUT2D eigenvalue weighted by molar-refractivity contribution is 5.89. The number of fused-ring (bicyclic) bond motifs is 1. The summed E-state index contributed by atoms with van der Waals surface area (Å²) in [4.78, 5) is 11.8. The summed E-state index contributed by atoms with van der Waals surface area (Å²) in [5.74, 6) is 1.39. The van der Waals surface area contributed by atoms with E-state index in [9.17, 15) is 4.79 Å². The van der Waals surface area contributed by atoms with Gasteiger partial charge in [0.1, 0.15) is 0 Å². The van der Waals surface area contributed by atoms with Crippen molar-refractivity contribution in [3.8, 4) is 11.5 Å². The molecule has 0 unspecified atom stereocenters. The summed E-state index contributed by atoms with van der Waals surface area (Å²) in [5.41, 5.74) is 0.717. The van der Waals surface area contributed by atoms with E-state index in [-0.39, 0.29) is 12.8 Å². The van der Waals surface area contributed by atoms with Gasteiger partial charge in [-0.15, -0.1) is 0 Å². The van der Waals surface area contributed by atoms with Gasteiger partial charge in [0.2, 0.25) is 6.79 Å². The highest BCUT2D eigenvalue weighted by Crippen LogP contribution is 2.34. The predicted molar refractivity (Wildman–Crippen MR) is 67.0 cm³/mol. The van der Waals surface area contributed by atoms with Gasteiger partial charge in [0, 0.05) is 17.8 Å². The topological polar surface area (TPSA) is 59.6 Å². The normalized spacial score (nSPS) is 17.8. The lowest BCUT2D eigenvalue weighted by Gasteiger charge is -2.13. The van der Waals surface area contributed by atoms with Crippen LogP contribution in [-0.4, -0.2) is 18.9 Å². The van der Waals surface area contributed by atoms with Crippen LogP contribution >= 0.6 is 0 Å². The third kappa shape index (κ3) is 2.34. The molecule has 0 atom stereocenters. The molecule has 1 aliphatic heterocycles. The number of amides is 2. The van der Waals surface area contributed by atoms with E-state index in [0.717, 1.165) is 24.3 Å². The standard InChI is InChI=1S/C13H16N2O3/c16-13(14-9-3-1-2-4-9)15-10-5-6-11-12(7-10)18-8-17-11/h5-7,9H,1-4,8H2,(H2,14,15,16). The number of rotatable bonds is 2. The van der Waals surface area contributed by atoms with Gasteiger partial charge in [-0.05, 0) is 25.0 Å². The van der Waals surface area contributed by atoms with Crippen LogP contribution in [0.3, 0.4) is 0 Å². The fourth-order valence-corrected chi connectivity index (χ4v) is 2.40. The average Bonchev–Trinajstić information content (AvgIpc) is 2.98. The van der Waals surface area contributed by atoms with Gasteiger partial charge in [0.05, 0.1) is 0 Å². The maximum Gasteiger partial charge on any atom is 0.319 e. The molecule has 18 heavy (non-hydrogen) atoms. The van der Waals surface area contributed by atoms with E-state index in [2.05, 4.69) is 10.6 Å². The molecule has 1 saturated carbocycles. The Morgan fingerprint density at radius 2 is 1.94 bits per heavy atom. The third-order valence-electron chi connectivity index (χ3n) is 3.32. The number of urea groups is 1. The van der Waals surface area contributed by atoms with Crippen LogP contribution in [0.4, 0.5) is 10.5 Å². The second kappa shape index (κ2) is 4.76. The van der Waals surface area contributed by atoms with Gasteiger partial charge in [-0.25, -0.2) is 4.79 Å². The second-order valence-electron chi connectivity index (χ2n) is 4.65. The van der Waals surface area contributed by atoms with Crippen molar-refractivity contribution in [2.45, 2.75) is 31.7 Å². The molecule has 0 radical (unpaired) electrons. The molecule has 1 fully saturated rings. The fourth-order valence-electron chi connectivity index (χ4n) is 2.40. The van der Waals surface area contributed by atoms with Crippen molar-refractivity contribution in [3.05, 3.63) is 18.2 Å². The van der Waals surface area contributed by atoms with Gasteiger partial charge in [-0.2, -0.15) is 0 Å². The highest BCUT2D eigenvalue weighted by atomic mass is 16.7. The zero-order valence-corrected chi connectivity index (χ0v) is 10.1. The summed E-state index contributed by atoms with van der Waals surface area (Å²) in [7, 11) is 0. The maximum absolute atomic E-state index is 11.8. The molecule has 0 bridgehead atoms. The summed E-state index contributed by atoms with van der Waals surface area (Å²) in [6.45, 7) is 0.243. The van der Waals surface area contributed by atoms with Gasteiger partial charge in [0.25, 0.3) is 0 Å². The van der Waals surface area contributed by atoms with E-state index in [1.807, 2.05) is 6.07 Å². The Balaban J connectivity index is 1.60. The van der Waals surface area contributed by atoms with E-state index in [1.54, 1.807) is 12.1 Å². The van der Waals surface area contributed by atoms with Crippen molar-refractivity contribution < 1.29 is 14.3 Å². The molecule has 2 N–H and O–H groups in total. The lowest BCUT2D eigenvalue weighted by atomic mass is 10.2. The molecule has 3 rings (SSSR count). The van der Waals surface area contributed by atoms with Crippen molar-refractivity contribution in [1.29, 1.82) is 0 Å². The number of ether oxygens (including phenoxy) is 2. The Morgan fingerprint density at radius 3 is 2.78 bits per heavy atom. The maximum atomic E-state index is 11.8. The Bertz CT molecular complexity index is 456.